The molecular weight excluding hydrogens is 1500 g/mol. The van der Waals surface area contributed by atoms with Crippen molar-refractivity contribution >= 4 is 44.9 Å². The average molecular weight is 1600 g/mol. The first-order valence-corrected chi connectivity index (χ1v) is 37.1. The van der Waals surface area contributed by atoms with E-state index in [1.165, 1.54) is 48.2 Å². The number of benzene rings is 6. The number of aliphatic hydroxyl groups is 1. The summed E-state index contributed by atoms with van der Waals surface area (Å²) in [6.07, 6.45) is -18.8. The number of carbonyl (C=O) groups is 4. The minimum atomic E-state index is -6.72. The molecule has 608 valence electrons. The number of likely N-dealkylation sites (N-methyl/N-ethyl adjacent to an activating group) is 1. The summed E-state index contributed by atoms with van der Waals surface area (Å²) >= 11 is 0. The molecule has 1 aliphatic carbocycles. The lowest BCUT2D eigenvalue weighted by Gasteiger charge is -2.32. The van der Waals surface area contributed by atoms with Gasteiger partial charge in [-0.2, -0.15) is 48.3 Å². The lowest BCUT2D eigenvalue weighted by Crippen LogP contribution is -2.66. The second-order valence-electron chi connectivity index (χ2n) is 28.3. The van der Waals surface area contributed by atoms with Crippen molar-refractivity contribution in [1.82, 2.24) is 0 Å². The van der Waals surface area contributed by atoms with Gasteiger partial charge in [0.25, 0.3) is 11.7 Å². The lowest BCUT2D eigenvalue weighted by atomic mass is 9.82. The van der Waals surface area contributed by atoms with E-state index in [9.17, 15) is 98.7 Å². The molecule has 1 saturated carbocycles. The van der Waals surface area contributed by atoms with Crippen LogP contribution in [0.3, 0.4) is 0 Å². The van der Waals surface area contributed by atoms with E-state index in [-0.39, 0.29) is 50.4 Å². The van der Waals surface area contributed by atoms with Crippen molar-refractivity contribution in [2.24, 2.45) is 10.8 Å². The van der Waals surface area contributed by atoms with E-state index < -0.39 is 69.5 Å². The van der Waals surface area contributed by atoms with Gasteiger partial charge in [-0.15, -0.1) is 13.2 Å². The van der Waals surface area contributed by atoms with Gasteiger partial charge in [-0.1, -0.05) is 139 Å². The highest BCUT2D eigenvalue weighted by Gasteiger charge is 2.72. The smallest absolute Gasteiger partial charge is 0.573 e. The number of carboxylic acid groups (broad SMARTS) is 1. The van der Waals surface area contributed by atoms with Crippen LogP contribution in [-0.4, -0.2) is 133 Å². The fourth-order valence-electron chi connectivity index (χ4n) is 9.27. The van der Waals surface area contributed by atoms with E-state index >= 15 is 0 Å². The summed E-state index contributed by atoms with van der Waals surface area (Å²) in [6.45, 7) is 26.2. The first kappa shape index (κ1) is 97.1. The maximum Gasteiger partial charge on any atom is 0.573 e. The van der Waals surface area contributed by atoms with Gasteiger partial charge < -0.3 is 48.1 Å². The maximum absolute atomic E-state index is 13.3. The van der Waals surface area contributed by atoms with E-state index in [1.807, 2.05) is 141 Å². The molecule has 109 heavy (non-hydrogen) atoms. The summed E-state index contributed by atoms with van der Waals surface area (Å²) in [5.41, 5.74) is -4.12. The van der Waals surface area contributed by atoms with Crippen LogP contribution in [0.4, 0.5) is 61.5 Å². The second kappa shape index (κ2) is 40.8. The molecule has 1 fully saturated rings. The molecule has 6 aromatic rings. The van der Waals surface area contributed by atoms with Crippen LogP contribution in [0.15, 0.2) is 178 Å². The number of carbonyl (C=O) groups excluding carboxylic acids is 4. The van der Waals surface area contributed by atoms with Gasteiger partial charge >= 0.3 is 48.1 Å². The molecule has 15 nitrogen and oxygen atoms in total. The maximum atomic E-state index is 13.3. The number of carboxylic acids is 1. The third kappa shape index (κ3) is 31.0. The zero-order chi connectivity index (χ0) is 83.6. The number of alkyl halides is 14. The summed E-state index contributed by atoms with van der Waals surface area (Å²) in [7, 11) is -2.74. The van der Waals surface area contributed by atoms with Gasteiger partial charge in [0.05, 0.1) is 53.9 Å². The number of aliphatic carboxylic acids is 1. The van der Waals surface area contributed by atoms with Crippen molar-refractivity contribution in [2.45, 2.75) is 214 Å². The van der Waals surface area contributed by atoms with Crippen LogP contribution in [0.25, 0.3) is 0 Å². The highest BCUT2D eigenvalue weighted by Crippen LogP contribution is 2.44. The number of nitrogens with zero attached hydrogens (tertiary/aromatic N) is 1. The van der Waals surface area contributed by atoms with Crippen molar-refractivity contribution in [3.05, 3.63) is 186 Å². The number of rotatable bonds is 24. The molecule has 1 aliphatic rings. The van der Waals surface area contributed by atoms with Crippen LogP contribution >= 0.6 is 0 Å². The number of phenols is 1. The Hall–Kier alpha value is -8.00. The van der Waals surface area contributed by atoms with Crippen LogP contribution in [0.1, 0.15) is 167 Å². The van der Waals surface area contributed by atoms with Crippen molar-refractivity contribution in [3.8, 4) is 11.5 Å². The van der Waals surface area contributed by atoms with Crippen LogP contribution < -0.4 is 9.84 Å². The van der Waals surface area contributed by atoms with Gasteiger partial charge in [-0.05, 0) is 187 Å². The number of quaternary nitrogens is 1. The van der Waals surface area contributed by atoms with E-state index in [0.717, 1.165) is 88.5 Å². The number of aromatic hydroxyl groups is 1. The fraction of sp³-hybridized carbons (Fsp3) is 0.487. The minimum Gasteiger partial charge on any atom is -0.743 e. The number of hydrogen-bond acceptors (Lipinski definition) is 14. The fourth-order valence-corrected chi connectivity index (χ4v) is 11.8. The molecule has 31 heteroatoms. The molecule has 0 aromatic heterocycles. The molecule has 0 spiro atoms. The highest BCUT2D eigenvalue weighted by molar-refractivity contribution is 7.97. The predicted octanol–water partition coefficient (Wildman–Crippen LogP) is 18.4. The summed E-state index contributed by atoms with van der Waals surface area (Å²) < 4.78 is 221. The molecule has 0 aliphatic heterocycles. The Labute approximate surface area is 631 Å². The average Bonchev–Trinajstić information content (AvgIpc) is 0.983. The van der Waals surface area contributed by atoms with Crippen molar-refractivity contribution in [3.63, 3.8) is 0 Å². The van der Waals surface area contributed by atoms with Crippen molar-refractivity contribution < 1.29 is 132 Å². The monoisotopic (exact) mass is 1600 g/mol. The van der Waals surface area contributed by atoms with Crippen LogP contribution in [-0.2, 0) is 61.4 Å². The van der Waals surface area contributed by atoms with E-state index in [0.29, 0.717) is 24.7 Å². The largest absolute Gasteiger partial charge is 0.743 e. The second-order valence-corrected chi connectivity index (χ2v) is 31.8. The molecule has 7 rings (SSSR count). The molecule has 0 amide bonds. The van der Waals surface area contributed by atoms with Gasteiger partial charge in [-0.25, -0.2) is 13.2 Å². The molecular formula is C78H97F14NO14S2. The number of hydrogen-bond donors (Lipinski definition) is 2. The Morgan fingerprint density at radius 1 is 0.596 bits per heavy atom. The number of halogens is 14. The predicted molar refractivity (Wildman–Crippen MR) is 381 cm³/mol. The van der Waals surface area contributed by atoms with Crippen molar-refractivity contribution in [1.29, 1.82) is 0 Å². The standard InChI is InChI=1S/C19H14F3OS.C18H30NO2.C15H17F5O5S.C12H22O2.C10H14O.C4H2F6O3/c20-19(21,22)23-15-11-13-18(14-12-15)24(16-7-3-1-4-8-16)17-9-5-2-6-10-17;1-6-18(2,3)17(20)21-15-14-19(4,5)13-12-16-10-8-7-9-11-16;1-4-13(2,3)10-7-5-9(6-8-10)11(21)25-12(14(16,17)18)15(19,20)26(22,23)24;1-5-11(2,3)10(13)14-12(4)8-6-7-9-12;1-3-8(2)9-4-6-10(11)7-5-9;5-3(6,7)2(13,1(11)12)4(8,9)10/h1-14H;7-11H,6,12-15H2,1-5H3;5-8,12H,4H2,1-3H3,(H,22,23,24);5-9H2,1-4H3;4-8,11H,3H2,1-2H3;13H,(H,11,12)/q2*+1;;;;/p-2. The summed E-state index contributed by atoms with van der Waals surface area (Å²) in [4.78, 5) is 48.2. The Morgan fingerprint density at radius 2 is 1.03 bits per heavy atom. The number of ether oxygens (including phenoxy) is 4. The van der Waals surface area contributed by atoms with Crippen LogP contribution in [0.5, 0.6) is 11.5 Å². The first-order valence-electron chi connectivity index (χ1n) is 34.5. The Balaban J connectivity index is 0.000000456. The SMILES string of the molecule is CCC(C)(C)C(=O)OC1(C)CCCC1.CCC(C)(C)C(=O)OCC[N+](C)(C)CCc1ccccc1.CCC(C)(C)c1ccc(C(=O)OC(C(F)(F)F)C(F)(F)S(=O)(=O)[O-])cc1.CCC(C)c1ccc(O)cc1.FC(F)(F)Oc1ccc([S+](c2ccccc2)c2ccccc2)cc1.O=C([O-])C(O)(C(F)(F)F)C(F)(F)F. The first-order chi connectivity index (χ1) is 49.9. The van der Waals surface area contributed by atoms with Crippen LogP contribution in [0.2, 0.25) is 0 Å². The Bertz CT molecular complexity index is 3800. The van der Waals surface area contributed by atoms with Gasteiger partial charge in [0.1, 0.15) is 30.3 Å². The number of esters is 3. The normalized spacial score (nSPS) is 14.1. The quantitative estimate of drug-likeness (QED) is 0.0144. The highest BCUT2D eigenvalue weighted by atomic mass is 32.2. The molecule has 0 radical (unpaired) electrons. The molecule has 0 saturated heterocycles. The third-order valence-electron chi connectivity index (χ3n) is 18.0. The summed E-state index contributed by atoms with van der Waals surface area (Å²) in [6, 6.07) is 48.8. The molecule has 0 bridgehead atoms. The molecule has 2 N–H and O–H groups in total. The van der Waals surface area contributed by atoms with E-state index in [2.05, 4.69) is 68.6 Å². The minimum absolute atomic E-state index is 0.0376. The molecule has 6 aromatic carbocycles. The lowest BCUT2D eigenvalue weighted by molar-refractivity contribution is -0.890. The zero-order valence-electron chi connectivity index (χ0n) is 63.1. The Kier molecular flexibility index (Phi) is 36.3. The topological polar surface area (TPSA) is 226 Å². The molecule has 0 heterocycles. The molecule has 2 atom stereocenters. The third-order valence-corrected chi connectivity index (χ3v) is 21.2. The van der Waals surface area contributed by atoms with E-state index in [4.69, 9.17) is 19.7 Å². The number of phenolic OH excluding ortho intramolecular Hbond substituents is 1. The van der Waals surface area contributed by atoms with Crippen LogP contribution in [0, 0.1) is 10.8 Å². The zero-order valence-corrected chi connectivity index (χ0v) is 64.7. The summed E-state index contributed by atoms with van der Waals surface area (Å²) in [5, 5.41) is 20.5. The van der Waals surface area contributed by atoms with E-state index in [1.54, 1.807) is 24.3 Å². The van der Waals surface area contributed by atoms with Gasteiger partial charge in [0.15, 0.2) is 24.8 Å². The van der Waals surface area contributed by atoms with Crippen molar-refractivity contribution in [2.75, 3.05) is 33.8 Å². The van der Waals surface area contributed by atoms with Gasteiger partial charge in [-0.3, -0.25) is 9.59 Å². The van der Waals surface area contributed by atoms with Gasteiger partial charge in [0.2, 0.25) is 0 Å². The summed E-state index contributed by atoms with van der Waals surface area (Å²) in [5.74, 6) is -4.90. The molecule has 2 unspecified atom stereocenters. The Morgan fingerprint density at radius 3 is 1.40 bits per heavy atom. The van der Waals surface area contributed by atoms with Gasteiger partial charge in [0, 0.05) is 6.42 Å².